The molecule has 0 aromatic heterocycles. The highest BCUT2D eigenvalue weighted by Gasteiger charge is 2.35. The third kappa shape index (κ3) is 4.50. The fourth-order valence-electron chi connectivity index (χ4n) is 2.70. The number of piperazine rings is 1. The van der Waals surface area contributed by atoms with Crippen LogP contribution in [0.4, 0.5) is 9.18 Å². The lowest BCUT2D eigenvalue weighted by atomic mass is 10.2. The van der Waals surface area contributed by atoms with Crippen molar-refractivity contribution in [3.05, 3.63) is 29.0 Å². The van der Waals surface area contributed by atoms with Gasteiger partial charge < -0.3 is 10.2 Å². The standard InChI is InChI=1S/C15H20ClFN4O4S/c1-10(14(22)19-15(23)18-2)20-5-7-21(8-6-20)26(24,25)11-3-4-13(17)12(16)9-11/h3-4,9-10H,5-8H2,1-2H3,(H2,18,19,22,23)/p+1/t10-/m1/s1. The Labute approximate surface area is 156 Å². The highest BCUT2D eigenvalue weighted by Crippen LogP contribution is 2.22. The summed E-state index contributed by atoms with van der Waals surface area (Å²) in [6.07, 6.45) is 0. The molecular weight excluding hydrogens is 387 g/mol. The molecule has 11 heteroatoms. The molecule has 1 saturated heterocycles. The van der Waals surface area contributed by atoms with E-state index in [1.165, 1.54) is 17.4 Å². The van der Waals surface area contributed by atoms with Gasteiger partial charge in [0, 0.05) is 7.05 Å². The molecule has 2 rings (SSSR count). The third-order valence-electron chi connectivity index (χ3n) is 4.36. The zero-order chi connectivity index (χ0) is 19.5. The van der Waals surface area contributed by atoms with Gasteiger partial charge in [-0.05, 0) is 25.1 Å². The highest BCUT2D eigenvalue weighted by atomic mass is 35.5. The van der Waals surface area contributed by atoms with Crippen LogP contribution in [0.15, 0.2) is 23.1 Å². The number of imide groups is 1. The van der Waals surface area contributed by atoms with Gasteiger partial charge in [0.15, 0.2) is 6.04 Å². The summed E-state index contributed by atoms with van der Waals surface area (Å²) in [6.45, 7) is 2.87. The van der Waals surface area contributed by atoms with Gasteiger partial charge in [-0.15, -0.1) is 0 Å². The molecule has 0 spiro atoms. The topological polar surface area (TPSA) is 100 Å². The smallest absolute Gasteiger partial charge is 0.321 e. The first kappa shape index (κ1) is 20.6. The van der Waals surface area contributed by atoms with Crippen molar-refractivity contribution in [2.75, 3.05) is 33.2 Å². The second-order valence-electron chi connectivity index (χ2n) is 5.93. The maximum atomic E-state index is 13.3. The van der Waals surface area contributed by atoms with Crippen LogP contribution in [-0.4, -0.2) is 63.9 Å². The molecular formula is C15H21ClFN4O4S+. The largest absolute Gasteiger partial charge is 0.341 e. The van der Waals surface area contributed by atoms with E-state index in [4.69, 9.17) is 11.6 Å². The number of carbonyl (C=O) groups is 2. The number of halogens is 2. The van der Waals surface area contributed by atoms with E-state index in [9.17, 15) is 22.4 Å². The van der Waals surface area contributed by atoms with Crippen molar-refractivity contribution < 1.29 is 27.3 Å². The molecule has 1 atom stereocenters. The Hall–Kier alpha value is -1.75. The van der Waals surface area contributed by atoms with Crippen molar-refractivity contribution in [1.29, 1.82) is 0 Å². The van der Waals surface area contributed by atoms with Gasteiger partial charge in [0.25, 0.3) is 5.91 Å². The van der Waals surface area contributed by atoms with E-state index in [2.05, 4.69) is 10.6 Å². The maximum Gasteiger partial charge on any atom is 0.321 e. The zero-order valence-corrected chi connectivity index (χ0v) is 16.0. The number of amides is 3. The van der Waals surface area contributed by atoms with Crippen molar-refractivity contribution in [2.24, 2.45) is 0 Å². The average molecular weight is 408 g/mol. The number of sulfonamides is 1. The maximum absolute atomic E-state index is 13.3. The number of hydrogen-bond donors (Lipinski definition) is 3. The minimum Gasteiger partial charge on any atom is -0.341 e. The molecule has 1 aliphatic heterocycles. The molecule has 0 unspecified atom stereocenters. The van der Waals surface area contributed by atoms with Crippen LogP contribution in [0.3, 0.4) is 0 Å². The monoisotopic (exact) mass is 407 g/mol. The number of carbonyl (C=O) groups excluding carboxylic acids is 2. The first-order valence-corrected chi connectivity index (χ1v) is 9.81. The third-order valence-corrected chi connectivity index (χ3v) is 6.55. The number of benzene rings is 1. The SMILES string of the molecule is CNC(=O)NC(=O)[C@@H](C)[NH+]1CCN(S(=O)(=O)c2ccc(F)c(Cl)c2)CC1. The molecule has 1 aromatic carbocycles. The van der Waals surface area contributed by atoms with Gasteiger partial charge in [0.1, 0.15) is 5.82 Å². The number of nitrogens with zero attached hydrogens (tertiary/aromatic N) is 1. The average Bonchev–Trinajstić information content (AvgIpc) is 2.63. The minimum atomic E-state index is -3.79. The normalized spacial score (nSPS) is 17.5. The summed E-state index contributed by atoms with van der Waals surface area (Å²) >= 11 is 5.67. The van der Waals surface area contributed by atoms with Crippen LogP contribution in [-0.2, 0) is 14.8 Å². The highest BCUT2D eigenvalue weighted by molar-refractivity contribution is 7.89. The molecule has 0 saturated carbocycles. The molecule has 1 aliphatic rings. The van der Waals surface area contributed by atoms with E-state index in [-0.39, 0.29) is 23.0 Å². The number of nitrogens with one attached hydrogen (secondary N) is 3. The van der Waals surface area contributed by atoms with Gasteiger partial charge in [0.2, 0.25) is 10.0 Å². The fourth-order valence-corrected chi connectivity index (χ4v) is 4.41. The van der Waals surface area contributed by atoms with Crippen molar-refractivity contribution in [2.45, 2.75) is 17.9 Å². The lowest BCUT2D eigenvalue weighted by Gasteiger charge is -2.34. The van der Waals surface area contributed by atoms with Gasteiger partial charge in [-0.2, -0.15) is 4.31 Å². The molecule has 1 aromatic rings. The Morgan fingerprint density at radius 3 is 2.46 bits per heavy atom. The Kier molecular flexibility index (Phi) is 6.56. The minimum absolute atomic E-state index is 0.0715. The molecule has 0 radical (unpaired) electrons. The zero-order valence-electron chi connectivity index (χ0n) is 14.4. The number of quaternary nitrogens is 1. The van der Waals surface area contributed by atoms with E-state index in [1.807, 2.05) is 0 Å². The lowest BCUT2D eigenvalue weighted by Crippen LogP contribution is -3.19. The summed E-state index contributed by atoms with van der Waals surface area (Å²) in [5, 5.41) is 4.26. The lowest BCUT2D eigenvalue weighted by molar-refractivity contribution is -0.917. The van der Waals surface area contributed by atoms with Crippen LogP contribution in [0.5, 0.6) is 0 Å². The summed E-state index contributed by atoms with van der Waals surface area (Å²) in [5.74, 6) is -1.11. The second kappa shape index (κ2) is 8.30. The fraction of sp³-hybridized carbons (Fsp3) is 0.467. The molecule has 3 N–H and O–H groups in total. The summed E-state index contributed by atoms with van der Waals surface area (Å²) in [5.41, 5.74) is 0. The summed E-state index contributed by atoms with van der Waals surface area (Å²) in [6, 6.07) is 2.19. The van der Waals surface area contributed by atoms with E-state index in [0.717, 1.165) is 17.0 Å². The van der Waals surface area contributed by atoms with Crippen LogP contribution in [0.25, 0.3) is 0 Å². The summed E-state index contributed by atoms with van der Waals surface area (Å²) < 4.78 is 39.8. The van der Waals surface area contributed by atoms with Gasteiger partial charge >= 0.3 is 6.03 Å². The van der Waals surface area contributed by atoms with Crippen LogP contribution in [0.1, 0.15) is 6.92 Å². The van der Waals surface area contributed by atoms with Crippen molar-refractivity contribution in [3.8, 4) is 0 Å². The molecule has 1 fully saturated rings. The van der Waals surface area contributed by atoms with Crippen molar-refractivity contribution in [1.82, 2.24) is 14.9 Å². The molecule has 0 aliphatic carbocycles. The van der Waals surface area contributed by atoms with Crippen LogP contribution < -0.4 is 15.5 Å². The molecule has 1 heterocycles. The number of urea groups is 1. The van der Waals surface area contributed by atoms with Gasteiger partial charge in [-0.1, -0.05) is 11.6 Å². The Bertz CT molecular complexity index is 797. The predicted octanol–water partition coefficient (Wildman–Crippen LogP) is -0.788. The van der Waals surface area contributed by atoms with E-state index >= 15 is 0 Å². The Morgan fingerprint density at radius 1 is 1.31 bits per heavy atom. The molecule has 8 nitrogen and oxygen atoms in total. The predicted molar refractivity (Wildman–Crippen MR) is 92.9 cm³/mol. The Morgan fingerprint density at radius 2 is 1.92 bits per heavy atom. The molecule has 26 heavy (non-hydrogen) atoms. The number of rotatable bonds is 4. The van der Waals surface area contributed by atoms with Crippen LogP contribution >= 0.6 is 11.6 Å². The van der Waals surface area contributed by atoms with Gasteiger partial charge in [-0.25, -0.2) is 17.6 Å². The van der Waals surface area contributed by atoms with E-state index < -0.39 is 33.8 Å². The summed E-state index contributed by atoms with van der Waals surface area (Å²) in [7, 11) is -2.38. The van der Waals surface area contributed by atoms with E-state index in [1.54, 1.807) is 6.92 Å². The van der Waals surface area contributed by atoms with Crippen molar-refractivity contribution >= 4 is 33.6 Å². The van der Waals surface area contributed by atoms with Crippen LogP contribution in [0.2, 0.25) is 5.02 Å². The molecule has 144 valence electrons. The molecule has 0 bridgehead atoms. The first-order chi connectivity index (χ1) is 12.2. The second-order valence-corrected chi connectivity index (χ2v) is 8.27. The Balaban J connectivity index is 2.02. The van der Waals surface area contributed by atoms with Crippen molar-refractivity contribution in [3.63, 3.8) is 0 Å². The van der Waals surface area contributed by atoms with E-state index in [0.29, 0.717) is 13.1 Å². The molecule has 3 amide bonds. The summed E-state index contributed by atoms with van der Waals surface area (Å²) in [4.78, 5) is 24.0. The van der Waals surface area contributed by atoms with Gasteiger partial charge in [0.05, 0.1) is 36.1 Å². The number of hydrogen-bond acceptors (Lipinski definition) is 4. The van der Waals surface area contributed by atoms with Crippen LogP contribution in [0, 0.1) is 5.82 Å². The first-order valence-electron chi connectivity index (χ1n) is 7.99. The quantitative estimate of drug-likeness (QED) is 0.609. The van der Waals surface area contributed by atoms with Gasteiger partial charge in [-0.3, -0.25) is 10.1 Å².